The molecule has 0 bridgehead atoms. The predicted molar refractivity (Wildman–Crippen MR) is 157 cm³/mol. The van der Waals surface area contributed by atoms with Gasteiger partial charge in [-0.15, -0.1) is 0 Å². The molecule has 206 valence electrons. The molecule has 1 fully saturated rings. The van der Waals surface area contributed by atoms with Crippen LogP contribution in [0.25, 0.3) is 33.4 Å². The minimum atomic E-state index is -3.23. The smallest absolute Gasteiger partial charge is 0.175 e. The van der Waals surface area contributed by atoms with Crippen molar-refractivity contribution in [2.45, 2.75) is 37.8 Å². The molecule has 1 aliphatic rings. The van der Waals surface area contributed by atoms with E-state index in [1.165, 1.54) is 11.8 Å². The van der Waals surface area contributed by atoms with Gasteiger partial charge in [0.25, 0.3) is 0 Å². The van der Waals surface area contributed by atoms with Crippen molar-refractivity contribution in [2.24, 2.45) is 7.05 Å². The standard InChI is InChI=1S/C31H38N4O3S/c1-22-27-18-29(25-10-12-26(13-11-25)39(5,37)38)33(4)30(27)19-28(32-22)24-8-6-23(7-9-24)20-34-14-16-35(17-15-34)21-31(2,3)36/h6-13,18-19,36H,14-17,20-21H2,1-5H3. The molecule has 0 saturated carbocycles. The minimum Gasteiger partial charge on any atom is -0.389 e. The molecule has 0 aliphatic carbocycles. The lowest BCUT2D eigenvalue weighted by Gasteiger charge is -2.37. The quantitative estimate of drug-likeness (QED) is 0.368. The number of hydrogen-bond donors (Lipinski definition) is 1. The summed E-state index contributed by atoms with van der Waals surface area (Å²) >= 11 is 0. The van der Waals surface area contributed by atoms with Gasteiger partial charge in [0, 0.05) is 74.9 Å². The zero-order chi connectivity index (χ0) is 27.9. The van der Waals surface area contributed by atoms with Crippen LogP contribution in [0.4, 0.5) is 0 Å². The molecule has 3 heterocycles. The van der Waals surface area contributed by atoms with Gasteiger partial charge in [0.1, 0.15) is 0 Å². The highest BCUT2D eigenvalue weighted by Gasteiger charge is 2.23. The Kier molecular flexibility index (Phi) is 7.41. The highest BCUT2D eigenvalue weighted by Crippen LogP contribution is 2.32. The van der Waals surface area contributed by atoms with Gasteiger partial charge in [-0.2, -0.15) is 0 Å². The summed E-state index contributed by atoms with van der Waals surface area (Å²) in [5, 5.41) is 11.2. The maximum absolute atomic E-state index is 11.9. The van der Waals surface area contributed by atoms with E-state index < -0.39 is 15.4 Å². The van der Waals surface area contributed by atoms with Gasteiger partial charge in [0.05, 0.1) is 21.7 Å². The van der Waals surface area contributed by atoms with Crippen LogP contribution in [0.2, 0.25) is 0 Å². The summed E-state index contributed by atoms with van der Waals surface area (Å²) in [5.41, 5.74) is 6.69. The third-order valence-corrected chi connectivity index (χ3v) is 8.67. The summed E-state index contributed by atoms with van der Waals surface area (Å²) in [4.78, 5) is 10.0. The van der Waals surface area contributed by atoms with Crippen molar-refractivity contribution in [1.29, 1.82) is 0 Å². The van der Waals surface area contributed by atoms with E-state index in [0.29, 0.717) is 11.4 Å². The first-order valence-electron chi connectivity index (χ1n) is 13.4. The summed E-state index contributed by atoms with van der Waals surface area (Å²) in [6.07, 6.45) is 1.23. The predicted octanol–water partition coefficient (Wildman–Crippen LogP) is 4.51. The van der Waals surface area contributed by atoms with Crippen molar-refractivity contribution in [3.63, 3.8) is 0 Å². The Balaban J connectivity index is 1.32. The molecule has 7 nitrogen and oxygen atoms in total. The van der Waals surface area contributed by atoms with Gasteiger partial charge in [-0.25, -0.2) is 8.42 Å². The molecular formula is C31H38N4O3S. The van der Waals surface area contributed by atoms with Gasteiger partial charge in [-0.05, 0) is 56.2 Å². The first-order chi connectivity index (χ1) is 18.4. The molecule has 8 heteroatoms. The average molecular weight is 547 g/mol. The van der Waals surface area contributed by atoms with Gasteiger partial charge in [0.2, 0.25) is 0 Å². The Labute approximate surface area is 231 Å². The fourth-order valence-corrected chi connectivity index (χ4v) is 6.11. The number of hydrogen-bond acceptors (Lipinski definition) is 6. The molecule has 39 heavy (non-hydrogen) atoms. The van der Waals surface area contributed by atoms with E-state index in [1.54, 1.807) is 12.1 Å². The molecule has 0 amide bonds. The Morgan fingerprint density at radius 3 is 2.08 bits per heavy atom. The Morgan fingerprint density at radius 2 is 1.49 bits per heavy atom. The number of fused-ring (bicyclic) bond motifs is 1. The van der Waals surface area contributed by atoms with Gasteiger partial charge in [-0.1, -0.05) is 36.4 Å². The van der Waals surface area contributed by atoms with Gasteiger partial charge < -0.3 is 9.67 Å². The number of pyridine rings is 1. The van der Waals surface area contributed by atoms with Crippen LogP contribution < -0.4 is 0 Å². The van der Waals surface area contributed by atoms with Crippen LogP contribution in [0.5, 0.6) is 0 Å². The molecule has 2 aromatic carbocycles. The van der Waals surface area contributed by atoms with E-state index >= 15 is 0 Å². The van der Waals surface area contributed by atoms with Crippen molar-refractivity contribution in [2.75, 3.05) is 39.0 Å². The Morgan fingerprint density at radius 1 is 0.897 bits per heavy atom. The van der Waals surface area contributed by atoms with Gasteiger partial charge in [0.15, 0.2) is 9.84 Å². The van der Waals surface area contributed by atoms with Crippen molar-refractivity contribution < 1.29 is 13.5 Å². The van der Waals surface area contributed by atoms with E-state index in [4.69, 9.17) is 4.98 Å². The summed E-state index contributed by atoms with van der Waals surface area (Å²) in [6, 6.07) is 20.0. The lowest BCUT2D eigenvalue weighted by Crippen LogP contribution is -2.50. The Bertz CT molecular complexity index is 1580. The third kappa shape index (κ3) is 6.25. The highest BCUT2D eigenvalue weighted by atomic mass is 32.2. The molecular weight excluding hydrogens is 508 g/mol. The highest BCUT2D eigenvalue weighted by molar-refractivity contribution is 7.90. The number of aliphatic hydroxyl groups is 1. The first kappa shape index (κ1) is 27.5. The number of β-amino-alcohol motifs (C(OH)–C–C–N with tert-alkyl or cyclic N) is 1. The van der Waals surface area contributed by atoms with Crippen LogP contribution in [0.1, 0.15) is 25.1 Å². The van der Waals surface area contributed by atoms with Crippen molar-refractivity contribution in [3.05, 3.63) is 71.9 Å². The zero-order valence-corrected chi connectivity index (χ0v) is 24.3. The number of aromatic nitrogens is 2. The number of nitrogens with zero attached hydrogens (tertiary/aromatic N) is 4. The van der Waals surface area contributed by atoms with Crippen molar-refractivity contribution in [3.8, 4) is 22.5 Å². The van der Waals surface area contributed by atoms with E-state index in [1.807, 2.05) is 40.0 Å². The normalized spacial score (nSPS) is 15.7. The molecule has 0 spiro atoms. The van der Waals surface area contributed by atoms with E-state index in [9.17, 15) is 13.5 Å². The number of aryl methyl sites for hydroxylation is 2. The lowest BCUT2D eigenvalue weighted by atomic mass is 10.1. The van der Waals surface area contributed by atoms with E-state index in [0.717, 1.165) is 71.8 Å². The van der Waals surface area contributed by atoms with Crippen LogP contribution >= 0.6 is 0 Å². The summed E-state index contributed by atoms with van der Waals surface area (Å²) in [6.45, 7) is 11.4. The molecule has 5 rings (SSSR count). The zero-order valence-electron chi connectivity index (χ0n) is 23.5. The monoisotopic (exact) mass is 546 g/mol. The molecule has 0 radical (unpaired) electrons. The van der Waals surface area contributed by atoms with E-state index in [2.05, 4.69) is 50.8 Å². The third-order valence-electron chi connectivity index (χ3n) is 7.54. The fourth-order valence-electron chi connectivity index (χ4n) is 5.47. The maximum atomic E-state index is 11.9. The minimum absolute atomic E-state index is 0.321. The lowest BCUT2D eigenvalue weighted by molar-refractivity contribution is 0.0167. The van der Waals surface area contributed by atoms with Crippen molar-refractivity contribution in [1.82, 2.24) is 19.4 Å². The molecule has 4 aromatic rings. The van der Waals surface area contributed by atoms with Crippen LogP contribution in [-0.4, -0.2) is 77.5 Å². The van der Waals surface area contributed by atoms with Gasteiger partial charge in [-0.3, -0.25) is 14.8 Å². The molecule has 0 atom stereocenters. The number of piperazine rings is 1. The van der Waals surface area contributed by atoms with Gasteiger partial charge >= 0.3 is 0 Å². The second kappa shape index (κ2) is 10.5. The molecule has 1 saturated heterocycles. The summed E-state index contributed by atoms with van der Waals surface area (Å²) < 4.78 is 25.9. The maximum Gasteiger partial charge on any atom is 0.175 e. The van der Waals surface area contributed by atoms with Crippen LogP contribution in [0, 0.1) is 6.92 Å². The fraction of sp³-hybridized carbons (Fsp3) is 0.387. The van der Waals surface area contributed by atoms with E-state index in [-0.39, 0.29) is 0 Å². The second-order valence-electron chi connectivity index (χ2n) is 11.5. The molecule has 1 N–H and O–H groups in total. The SMILES string of the molecule is Cc1nc(-c2ccc(CN3CCN(CC(C)(C)O)CC3)cc2)cc2c1cc(-c1ccc(S(C)(=O)=O)cc1)n2C. The molecule has 1 aliphatic heterocycles. The molecule has 0 unspecified atom stereocenters. The Hall–Kier alpha value is -3.04. The van der Waals surface area contributed by atoms with Crippen molar-refractivity contribution >= 4 is 20.7 Å². The van der Waals surface area contributed by atoms with Crippen LogP contribution in [0.15, 0.2) is 65.6 Å². The second-order valence-corrected chi connectivity index (χ2v) is 13.5. The summed E-state index contributed by atoms with van der Waals surface area (Å²) in [7, 11) is -1.19. The van der Waals surface area contributed by atoms with Crippen LogP contribution in [0.3, 0.4) is 0 Å². The largest absolute Gasteiger partial charge is 0.389 e. The summed E-state index contributed by atoms with van der Waals surface area (Å²) in [5.74, 6) is 0. The first-order valence-corrected chi connectivity index (χ1v) is 15.3. The number of sulfone groups is 1. The van der Waals surface area contributed by atoms with Crippen LogP contribution in [-0.2, 0) is 23.4 Å². The topological polar surface area (TPSA) is 78.7 Å². The number of rotatable bonds is 7. The number of benzene rings is 2. The molecule has 2 aromatic heterocycles. The average Bonchev–Trinajstić information content (AvgIpc) is 3.21.